The minimum Gasteiger partial charge on any atom is -0.451 e. The third kappa shape index (κ3) is 5.12. The van der Waals surface area contributed by atoms with Gasteiger partial charge in [0.2, 0.25) is 0 Å². The third-order valence-corrected chi connectivity index (χ3v) is 3.34. The molecule has 1 aromatic carbocycles. The summed E-state index contributed by atoms with van der Waals surface area (Å²) in [5, 5.41) is 5.55. The molecule has 3 amide bonds. The minimum absolute atomic E-state index is 0.255. The Labute approximate surface area is 139 Å². The van der Waals surface area contributed by atoms with Crippen LogP contribution in [0.2, 0.25) is 0 Å². The molecule has 24 heavy (non-hydrogen) atoms. The SMILES string of the molecule is CC(C)CCNC(=O)NC(=O)COC(=O)c1cc2ccccc2[nH]1. The Morgan fingerprint density at radius 1 is 1.21 bits per heavy atom. The van der Waals surface area contributed by atoms with Crippen molar-refractivity contribution in [3.63, 3.8) is 0 Å². The largest absolute Gasteiger partial charge is 0.451 e. The number of H-pyrrole nitrogens is 1. The number of fused-ring (bicyclic) bond motifs is 1. The van der Waals surface area contributed by atoms with Gasteiger partial charge in [0.15, 0.2) is 6.61 Å². The zero-order valence-corrected chi connectivity index (χ0v) is 13.7. The van der Waals surface area contributed by atoms with Gasteiger partial charge in [-0.25, -0.2) is 9.59 Å². The lowest BCUT2D eigenvalue weighted by Gasteiger charge is -2.08. The Balaban J connectivity index is 1.76. The number of carbonyl (C=O) groups excluding carboxylic acids is 3. The summed E-state index contributed by atoms with van der Waals surface area (Å²) in [6.07, 6.45) is 0.816. The van der Waals surface area contributed by atoms with E-state index in [0.717, 1.165) is 17.3 Å². The van der Waals surface area contributed by atoms with E-state index >= 15 is 0 Å². The van der Waals surface area contributed by atoms with E-state index in [2.05, 4.69) is 15.6 Å². The van der Waals surface area contributed by atoms with Crippen molar-refractivity contribution in [1.29, 1.82) is 0 Å². The fourth-order valence-corrected chi connectivity index (χ4v) is 2.07. The Kier molecular flexibility index (Phi) is 5.95. The molecule has 128 valence electrons. The van der Waals surface area contributed by atoms with Gasteiger partial charge >= 0.3 is 12.0 Å². The van der Waals surface area contributed by atoms with E-state index in [9.17, 15) is 14.4 Å². The van der Waals surface area contributed by atoms with Gasteiger partial charge < -0.3 is 15.0 Å². The number of ether oxygens (including phenoxy) is 1. The molecule has 0 aliphatic heterocycles. The number of urea groups is 1. The molecular weight excluding hydrogens is 310 g/mol. The first-order valence-electron chi connectivity index (χ1n) is 7.78. The minimum atomic E-state index is -0.679. The number of esters is 1. The zero-order valence-electron chi connectivity index (χ0n) is 13.7. The van der Waals surface area contributed by atoms with Crippen molar-refractivity contribution in [1.82, 2.24) is 15.6 Å². The molecule has 1 aromatic heterocycles. The first-order chi connectivity index (χ1) is 11.5. The highest BCUT2D eigenvalue weighted by Gasteiger charge is 2.14. The highest BCUT2D eigenvalue weighted by molar-refractivity contribution is 5.98. The summed E-state index contributed by atoms with van der Waals surface area (Å²) in [6.45, 7) is 4.03. The van der Waals surface area contributed by atoms with Crippen molar-refractivity contribution in [3.05, 3.63) is 36.0 Å². The van der Waals surface area contributed by atoms with Crippen LogP contribution >= 0.6 is 0 Å². The second-order valence-corrected chi connectivity index (χ2v) is 5.83. The molecule has 0 saturated carbocycles. The number of hydrogen-bond acceptors (Lipinski definition) is 4. The molecular formula is C17H21N3O4. The van der Waals surface area contributed by atoms with Crippen molar-refractivity contribution < 1.29 is 19.1 Å². The van der Waals surface area contributed by atoms with E-state index in [0.29, 0.717) is 12.5 Å². The molecule has 0 aliphatic carbocycles. The molecule has 0 saturated heterocycles. The maximum atomic E-state index is 11.9. The number of aromatic amines is 1. The van der Waals surface area contributed by atoms with Gasteiger partial charge in [-0.15, -0.1) is 0 Å². The number of amides is 3. The van der Waals surface area contributed by atoms with Gasteiger partial charge in [-0.1, -0.05) is 32.0 Å². The fourth-order valence-electron chi connectivity index (χ4n) is 2.07. The van der Waals surface area contributed by atoms with Gasteiger partial charge in [-0.3, -0.25) is 10.1 Å². The van der Waals surface area contributed by atoms with E-state index in [-0.39, 0.29) is 5.69 Å². The van der Waals surface area contributed by atoms with Crippen molar-refractivity contribution in [2.24, 2.45) is 5.92 Å². The number of carbonyl (C=O) groups is 3. The summed E-state index contributed by atoms with van der Waals surface area (Å²) in [7, 11) is 0. The van der Waals surface area contributed by atoms with Gasteiger partial charge in [-0.2, -0.15) is 0 Å². The average molecular weight is 331 g/mol. The van der Waals surface area contributed by atoms with Crippen LogP contribution in [-0.2, 0) is 9.53 Å². The van der Waals surface area contributed by atoms with Crippen molar-refractivity contribution in [3.8, 4) is 0 Å². The van der Waals surface area contributed by atoms with Crippen LogP contribution in [0.4, 0.5) is 4.79 Å². The maximum Gasteiger partial charge on any atom is 0.355 e. The monoisotopic (exact) mass is 331 g/mol. The number of para-hydroxylation sites is 1. The van der Waals surface area contributed by atoms with Gasteiger partial charge in [0.25, 0.3) is 5.91 Å². The lowest BCUT2D eigenvalue weighted by molar-refractivity contribution is -0.123. The smallest absolute Gasteiger partial charge is 0.355 e. The van der Waals surface area contributed by atoms with Crippen molar-refractivity contribution in [2.75, 3.05) is 13.2 Å². The van der Waals surface area contributed by atoms with Gasteiger partial charge in [0.05, 0.1) is 0 Å². The predicted molar refractivity (Wildman–Crippen MR) is 89.6 cm³/mol. The highest BCUT2D eigenvalue weighted by atomic mass is 16.5. The fraction of sp³-hybridized carbons (Fsp3) is 0.353. The molecule has 7 heteroatoms. The number of benzene rings is 1. The van der Waals surface area contributed by atoms with Gasteiger partial charge in [-0.05, 0) is 24.5 Å². The van der Waals surface area contributed by atoms with Crippen LogP contribution in [0.3, 0.4) is 0 Å². The van der Waals surface area contributed by atoms with Crippen LogP contribution in [0.15, 0.2) is 30.3 Å². The summed E-state index contributed by atoms with van der Waals surface area (Å²) in [5.74, 6) is -0.874. The number of rotatable bonds is 6. The normalized spacial score (nSPS) is 10.6. The molecule has 0 unspecified atom stereocenters. The van der Waals surface area contributed by atoms with Crippen LogP contribution in [-0.4, -0.2) is 36.0 Å². The molecule has 0 fully saturated rings. The number of imide groups is 1. The first-order valence-corrected chi connectivity index (χ1v) is 7.78. The second-order valence-electron chi connectivity index (χ2n) is 5.83. The van der Waals surface area contributed by atoms with Crippen LogP contribution in [0.25, 0.3) is 10.9 Å². The maximum absolute atomic E-state index is 11.9. The van der Waals surface area contributed by atoms with E-state index in [4.69, 9.17) is 4.74 Å². The summed E-state index contributed by atoms with van der Waals surface area (Å²) >= 11 is 0. The standard InChI is InChI=1S/C17H21N3O4/c1-11(2)7-8-18-17(23)20-15(21)10-24-16(22)14-9-12-5-3-4-6-13(12)19-14/h3-6,9,11,19H,7-8,10H2,1-2H3,(H2,18,20,21,23). The Bertz CT molecular complexity index is 703. The quantitative estimate of drug-likeness (QED) is 0.706. The van der Waals surface area contributed by atoms with Crippen molar-refractivity contribution >= 4 is 28.8 Å². The summed E-state index contributed by atoms with van der Waals surface area (Å²) < 4.78 is 4.90. The number of nitrogens with one attached hydrogen (secondary N) is 3. The zero-order chi connectivity index (χ0) is 17.5. The molecule has 3 N–H and O–H groups in total. The number of aromatic nitrogens is 1. The summed E-state index contributed by atoms with van der Waals surface area (Å²) in [5.41, 5.74) is 1.06. The molecule has 7 nitrogen and oxygen atoms in total. The lowest BCUT2D eigenvalue weighted by atomic mass is 10.1. The molecule has 1 heterocycles. The van der Waals surface area contributed by atoms with Gasteiger partial charge in [0, 0.05) is 17.4 Å². The second kappa shape index (κ2) is 8.14. The summed E-state index contributed by atoms with van der Waals surface area (Å²) in [4.78, 5) is 37.9. The molecule has 0 aliphatic rings. The molecule has 0 bridgehead atoms. The molecule has 2 rings (SSSR count). The average Bonchev–Trinajstić information content (AvgIpc) is 2.96. The topological polar surface area (TPSA) is 100 Å². The Morgan fingerprint density at radius 2 is 1.96 bits per heavy atom. The van der Waals surface area contributed by atoms with Crippen LogP contribution in [0.5, 0.6) is 0 Å². The first kappa shape index (κ1) is 17.5. The lowest BCUT2D eigenvalue weighted by Crippen LogP contribution is -2.42. The third-order valence-electron chi connectivity index (χ3n) is 3.34. The Hall–Kier alpha value is -2.83. The predicted octanol–water partition coefficient (Wildman–Crippen LogP) is 2.20. The summed E-state index contributed by atoms with van der Waals surface area (Å²) in [6, 6.07) is 8.45. The molecule has 2 aromatic rings. The molecule has 0 radical (unpaired) electrons. The number of hydrogen-bond donors (Lipinski definition) is 3. The van der Waals surface area contributed by atoms with E-state index < -0.39 is 24.5 Å². The van der Waals surface area contributed by atoms with E-state index in [1.165, 1.54) is 0 Å². The van der Waals surface area contributed by atoms with E-state index in [1.807, 2.05) is 38.1 Å². The van der Waals surface area contributed by atoms with Crippen LogP contribution in [0, 0.1) is 5.92 Å². The van der Waals surface area contributed by atoms with Crippen LogP contribution in [0.1, 0.15) is 30.8 Å². The van der Waals surface area contributed by atoms with Crippen LogP contribution < -0.4 is 10.6 Å². The van der Waals surface area contributed by atoms with E-state index in [1.54, 1.807) is 6.07 Å². The van der Waals surface area contributed by atoms with Gasteiger partial charge in [0.1, 0.15) is 5.69 Å². The molecule has 0 spiro atoms. The van der Waals surface area contributed by atoms with Crippen molar-refractivity contribution in [2.45, 2.75) is 20.3 Å². The highest BCUT2D eigenvalue weighted by Crippen LogP contribution is 2.15. The Morgan fingerprint density at radius 3 is 2.67 bits per heavy atom. The molecule has 0 atom stereocenters.